The lowest BCUT2D eigenvalue weighted by Crippen LogP contribution is -2.39. The van der Waals surface area contributed by atoms with E-state index in [1.54, 1.807) is 14.2 Å². The molecule has 2 atom stereocenters. The van der Waals surface area contributed by atoms with Crippen LogP contribution in [0, 0.1) is 5.92 Å². The number of benzene rings is 3. The summed E-state index contributed by atoms with van der Waals surface area (Å²) in [6, 6.07) is 8.83. The third-order valence-corrected chi connectivity index (χ3v) is 7.54. The van der Waals surface area contributed by atoms with Crippen LogP contribution in [0.4, 0.5) is 14.5 Å². The van der Waals surface area contributed by atoms with E-state index in [-0.39, 0.29) is 34.6 Å². The monoisotopic (exact) mass is 498 g/mol. The van der Waals surface area contributed by atoms with Crippen LogP contribution in [-0.4, -0.2) is 38.7 Å². The highest BCUT2D eigenvalue weighted by atomic mass is 19.3. The number of anilines is 1. The highest BCUT2D eigenvalue weighted by Crippen LogP contribution is 2.54. The van der Waals surface area contributed by atoms with Gasteiger partial charge >= 0.3 is 0 Å². The van der Waals surface area contributed by atoms with E-state index in [9.17, 15) is 5.11 Å². The van der Waals surface area contributed by atoms with Crippen LogP contribution in [-0.2, 0) is 15.4 Å². The molecule has 6 heteroatoms. The molecule has 3 aromatic rings. The Morgan fingerprint density at radius 2 is 1.64 bits per heavy atom. The van der Waals surface area contributed by atoms with Crippen LogP contribution in [0.2, 0.25) is 0 Å². The first-order valence-corrected chi connectivity index (χ1v) is 12.2. The highest BCUT2D eigenvalue weighted by molar-refractivity contribution is 5.53. The SMILES string of the molecule is [2H]c1c([2H])c([2H])c([C@H]2CC(F)(F)c3cc(O)ccc3[C@H]2c2ccc(N3CCC(C(OC)OC)CC3)cc2)c([2H])c1[2H]. The fourth-order valence-corrected chi connectivity index (χ4v) is 5.78. The number of alkyl halides is 2. The second kappa shape index (κ2) is 10.2. The quantitative estimate of drug-likeness (QED) is 0.387. The van der Waals surface area contributed by atoms with Gasteiger partial charge in [-0.15, -0.1) is 0 Å². The van der Waals surface area contributed by atoms with Crippen molar-refractivity contribution in [1.82, 2.24) is 0 Å². The van der Waals surface area contributed by atoms with Gasteiger partial charge in [-0.2, -0.15) is 0 Å². The summed E-state index contributed by atoms with van der Waals surface area (Å²) in [6.07, 6.45) is 0.764. The number of methoxy groups -OCH3 is 2. The van der Waals surface area contributed by atoms with Gasteiger partial charge in [-0.25, -0.2) is 8.78 Å². The molecule has 1 aliphatic heterocycles. The summed E-state index contributed by atoms with van der Waals surface area (Å²) in [4.78, 5) is 2.25. The van der Waals surface area contributed by atoms with Gasteiger partial charge in [0.05, 0.1) is 6.85 Å². The van der Waals surface area contributed by atoms with E-state index in [4.69, 9.17) is 16.3 Å². The van der Waals surface area contributed by atoms with Gasteiger partial charge in [0.25, 0.3) is 5.92 Å². The predicted octanol–water partition coefficient (Wildman–Crippen LogP) is 6.64. The molecule has 1 aliphatic carbocycles. The van der Waals surface area contributed by atoms with E-state index in [0.717, 1.165) is 37.7 Å². The molecule has 4 nitrogen and oxygen atoms in total. The Bertz CT molecular complexity index is 1400. The molecule has 190 valence electrons. The Labute approximate surface area is 218 Å². The van der Waals surface area contributed by atoms with Crippen LogP contribution in [0.3, 0.4) is 0 Å². The maximum Gasteiger partial charge on any atom is 0.274 e. The van der Waals surface area contributed by atoms with E-state index < -0.39 is 54.4 Å². The summed E-state index contributed by atoms with van der Waals surface area (Å²) >= 11 is 0. The van der Waals surface area contributed by atoms with Gasteiger partial charge in [-0.05, 0) is 53.8 Å². The third kappa shape index (κ3) is 4.72. The topological polar surface area (TPSA) is 41.9 Å². The molecule has 0 saturated carbocycles. The fourth-order valence-electron chi connectivity index (χ4n) is 5.78. The number of halogens is 2. The molecule has 1 fully saturated rings. The van der Waals surface area contributed by atoms with E-state index in [2.05, 4.69) is 4.90 Å². The number of nitrogens with zero attached hydrogens (tertiary/aromatic N) is 1. The standard InChI is InChI=1S/C30H33F2NO3/c1-35-29(36-2)22-14-16-33(17-15-22)23-10-8-21(9-11-23)28-25-13-12-24(34)18-27(25)30(31,32)19-26(28)20-6-4-3-5-7-20/h3-13,18,22,26,28-29,34H,14-17,19H2,1-2H3/t26-,28-/m1/s1/i3D,4D,5D,6D,7D. The molecule has 0 spiro atoms. The predicted molar refractivity (Wildman–Crippen MR) is 137 cm³/mol. The number of piperidine rings is 1. The molecule has 0 aromatic heterocycles. The Morgan fingerprint density at radius 3 is 2.28 bits per heavy atom. The number of ether oxygens (including phenoxy) is 2. The first kappa shape index (κ1) is 19.2. The van der Waals surface area contributed by atoms with Gasteiger partial charge in [0.1, 0.15) is 5.75 Å². The Morgan fingerprint density at radius 1 is 0.972 bits per heavy atom. The molecule has 3 aromatic carbocycles. The molecule has 5 rings (SSSR count). The molecule has 1 heterocycles. The van der Waals surface area contributed by atoms with Crippen molar-refractivity contribution in [2.24, 2.45) is 5.92 Å². The van der Waals surface area contributed by atoms with E-state index in [0.29, 0.717) is 5.56 Å². The number of hydrogen-bond acceptors (Lipinski definition) is 4. The Kier molecular flexibility index (Phi) is 5.43. The Balaban J connectivity index is 1.55. The third-order valence-electron chi connectivity index (χ3n) is 7.54. The van der Waals surface area contributed by atoms with Crippen molar-refractivity contribution in [3.8, 4) is 5.75 Å². The van der Waals surface area contributed by atoms with Crippen molar-refractivity contribution < 1.29 is 30.2 Å². The average Bonchev–Trinajstić information content (AvgIpc) is 2.96. The normalized spacial score (nSPS) is 23.9. The zero-order valence-corrected chi connectivity index (χ0v) is 20.4. The summed E-state index contributed by atoms with van der Waals surface area (Å²) in [7, 11) is 3.27. The smallest absolute Gasteiger partial charge is 0.274 e. The molecule has 2 aliphatic rings. The van der Waals surface area contributed by atoms with E-state index in [1.165, 1.54) is 12.1 Å². The van der Waals surface area contributed by atoms with E-state index in [1.807, 2.05) is 24.3 Å². The van der Waals surface area contributed by atoms with Gasteiger partial charge in [0, 0.05) is 62.7 Å². The molecule has 0 bridgehead atoms. The lowest BCUT2D eigenvalue weighted by molar-refractivity contribution is -0.141. The molecule has 0 unspecified atom stereocenters. The Hall–Kier alpha value is -2.96. The van der Waals surface area contributed by atoms with Crippen molar-refractivity contribution in [2.45, 2.75) is 43.3 Å². The number of phenols is 1. The van der Waals surface area contributed by atoms with Gasteiger partial charge in [0.15, 0.2) is 6.29 Å². The van der Waals surface area contributed by atoms with Crippen molar-refractivity contribution in [3.63, 3.8) is 0 Å². The summed E-state index contributed by atoms with van der Waals surface area (Å²) in [5, 5.41) is 10.0. The largest absolute Gasteiger partial charge is 0.508 e. The molecule has 0 radical (unpaired) electrons. The van der Waals surface area contributed by atoms with Gasteiger partial charge in [0.2, 0.25) is 0 Å². The summed E-state index contributed by atoms with van der Waals surface area (Å²) < 4.78 is 83.4. The first-order valence-electron chi connectivity index (χ1n) is 14.7. The van der Waals surface area contributed by atoms with Crippen LogP contribution in [0.25, 0.3) is 0 Å². The van der Waals surface area contributed by atoms with Crippen LogP contribution in [0.15, 0.2) is 72.7 Å². The van der Waals surface area contributed by atoms with Crippen LogP contribution >= 0.6 is 0 Å². The minimum absolute atomic E-state index is 0.128. The molecule has 1 saturated heterocycles. The number of rotatable bonds is 6. The molecule has 36 heavy (non-hydrogen) atoms. The minimum Gasteiger partial charge on any atom is -0.508 e. The number of phenolic OH excluding ortho intramolecular Hbond substituents is 1. The van der Waals surface area contributed by atoms with Gasteiger partial charge < -0.3 is 19.5 Å². The second-order valence-electron chi connectivity index (χ2n) is 9.56. The summed E-state index contributed by atoms with van der Waals surface area (Å²) in [6.45, 7) is 1.60. The van der Waals surface area contributed by atoms with Crippen molar-refractivity contribution in [3.05, 3.63) is 94.9 Å². The average molecular weight is 499 g/mol. The molecular weight excluding hydrogens is 460 g/mol. The first-order chi connectivity index (χ1) is 19.5. The molecular formula is C30H33F2NO3. The lowest BCUT2D eigenvalue weighted by Gasteiger charge is -2.39. The summed E-state index contributed by atoms with van der Waals surface area (Å²) in [5.74, 6) is -5.21. The highest BCUT2D eigenvalue weighted by Gasteiger charge is 2.47. The maximum atomic E-state index is 15.6. The minimum atomic E-state index is -3.38. The zero-order chi connectivity index (χ0) is 29.6. The van der Waals surface area contributed by atoms with Crippen molar-refractivity contribution >= 4 is 5.69 Å². The van der Waals surface area contributed by atoms with Crippen LogP contribution in [0.1, 0.15) is 60.2 Å². The van der Waals surface area contributed by atoms with Gasteiger partial charge in [-0.1, -0.05) is 48.4 Å². The van der Waals surface area contributed by atoms with Crippen LogP contribution in [0.5, 0.6) is 5.75 Å². The molecule has 1 N–H and O–H groups in total. The molecule has 0 amide bonds. The van der Waals surface area contributed by atoms with Crippen molar-refractivity contribution in [2.75, 3.05) is 32.2 Å². The number of fused-ring (bicyclic) bond motifs is 1. The maximum absolute atomic E-state index is 15.6. The zero-order valence-electron chi connectivity index (χ0n) is 25.4. The number of aromatic hydroxyl groups is 1. The second-order valence-corrected chi connectivity index (χ2v) is 9.56. The van der Waals surface area contributed by atoms with Crippen molar-refractivity contribution in [1.29, 1.82) is 0 Å². The van der Waals surface area contributed by atoms with E-state index >= 15 is 8.78 Å². The van der Waals surface area contributed by atoms with Crippen LogP contribution < -0.4 is 4.90 Å². The van der Waals surface area contributed by atoms with Gasteiger partial charge in [-0.3, -0.25) is 0 Å². The number of hydrogen-bond donors (Lipinski definition) is 1. The fraction of sp³-hybridized carbons (Fsp3) is 0.400. The lowest BCUT2D eigenvalue weighted by atomic mass is 9.68. The summed E-state index contributed by atoms with van der Waals surface area (Å²) in [5.41, 5.74) is 1.47.